The number of carbonyl (C=O) groups excluding carboxylic acids is 1. The molecule has 0 unspecified atom stereocenters. The SMILES string of the molecule is COC(=O)c1ccc(CC2(CO)CC2)o1. The minimum Gasteiger partial charge on any atom is -0.463 e. The first-order valence-corrected chi connectivity index (χ1v) is 4.97. The van der Waals surface area contributed by atoms with E-state index in [0.29, 0.717) is 6.42 Å². The first kappa shape index (κ1) is 10.2. The lowest BCUT2D eigenvalue weighted by Crippen LogP contribution is -2.09. The van der Waals surface area contributed by atoms with Crippen LogP contribution < -0.4 is 0 Å². The van der Waals surface area contributed by atoms with Gasteiger partial charge in [-0.1, -0.05) is 0 Å². The van der Waals surface area contributed by atoms with Crippen LogP contribution in [0.3, 0.4) is 0 Å². The zero-order chi connectivity index (χ0) is 10.9. The predicted molar refractivity (Wildman–Crippen MR) is 52.5 cm³/mol. The summed E-state index contributed by atoms with van der Waals surface area (Å²) in [5.41, 5.74) is 0.00520. The van der Waals surface area contributed by atoms with Crippen molar-refractivity contribution in [3.63, 3.8) is 0 Å². The highest BCUT2D eigenvalue weighted by Gasteiger charge is 2.42. The molecule has 0 saturated heterocycles. The molecule has 4 heteroatoms. The average molecular weight is 210 g/mol. The van der Waals surface area contributed by atoms with Gasteiger partial charge in [0.15, 0.2) is 0 Å². The minimum absolute atomic E-state index is 0.00520. The van der Waals surface area contributed by atoms with Crippen LogP contribution in [0.25, 0.3) is 0 Å². The van der Waals surface area contributed by atoms with Gasteiger partial charge in [0.1, 0.15) is 5.76 Å². The van der Waals surface area contributed by atoms with E-state index in [2.05, 4.69) is 4.74 Å². The van der Waals surface area contributed by atoms with Gasteiger partial charge in [0.05, 0.1) is 7.11 Å². The van der Waals surface area contributed by atoms with Crippen LogP contribution in [0, 0.1) is 5.41 Å². The lowest BCUT2D eigenvalue weighted by molar-refractivity contribution is 0.0562. The molecular formula is C11H14O4. The number of rotatable bonds is 4. The minimum atomic E-state index is -0.463. The molecule has 1 aromatic heterocycles. The fourth-order valence-electron chi connectivity index (χ4n) is 1.62. The third-order valence-electron chi connectivity index (χ3n) is 2.89. The Labute approximate surface area is 87.8 Å². The molecule has 1 heterocycles. The van der Waals surface area contributed by atoms with E-state index in [4.69, 9.17) is 9.52 Å². The summed E-state index contributed by atoms with van der Waals surface area (Å²) < 4.78 is 9.87. The van der Waals surface area contributed by atoms with Crippen LogP contribution >= 0.6 is 0 Å². The molecule has 0 atom stereocenters. The average Bonchev–Trinajstić information content (AvgIpc) is 2.87. The normalized spacial score (nSPS) is 17.5. The molecule has 15 heavy (non-hydrogen) atoms. The zero-order valence-electron chi connectivity index (χ0n) is 8.66. The highest BCUT2D eigenvalue weighted by molar-refractivity contribution is 5.86. The van der Waals surface area contributed by atoms with Crippen LogP contribution in [-0.4, -0.2) is 24.8 Å². The smallest absolute Gasteiger partial charge is 0.373 e. The highest BCUT2D eigenvalue weighted by atomic mass is 16.5. The van der Waals surface area contributed by atoms with Crippen molar-refractivity contribution in [3.8, 4) is 0 Å². The molecule has 1 N–H and O–H groups in total. The molecule has 0 aromatic carbocycles. The summed E-state index contributed by atoms with van der Waals surface area (Å²) in [6.07, 6.45) is 2.75. The maximum Gasteiger partial charge on any atom is 0.373 e. The lowest BCUT2D eigenvalue weighted by Gasteiger charge is -2.07. The third kappa shape index (κ3) is 2.04. The van der Waals surface area contributed by atoms with E-state index in [0.717, 1.165) is 18.6 Å². The van der Waals surface area contributed by atoms with Crippen molar-refractivity contribution >= 4 is 5.97 Å². The molecular weight excluding hydrogens is 196 g/mol. The Morgan fingerprint density at radius 1 is 1.60 bits per heavy atom. The Bertz CT molecular complexity index is 362. The first-order chi connectivity index (χ1) is 7.19. The van der Waals surface area contributed by atoms with Gasteiger partial charge in [-0.15, -0.1) is 0 Å². The van der Waals surface area contributed by atoms with Crippen LogP contribution in [0.15, 0.2) is 16.5 Å². The number of methoxy groups -OCH3 is 1. The van der Waals surface area contributed by atoms with Gasteiger partial charge in [-0.2, -0.15) is 0 Å². The van der Waals surface area contributed by atoms with Gasteiger partial charge in [-0.3, -0.25) is 0 Å². The summed E-state index contributed by atoms with van der Waals surface area (Å²) in [6.45, 7) is 0.182. The van der Waals surface area contributed by atoms with E-state index in [9.17, 15) is 4.79 Å². The van der Waals surface area contributed by atoms with Crippen molar-refractivity contribution < 1.29 is 19.1 Å². The van der Waals surface area contributed by atoms with Crippen LogP contribution in [-0.2, 0) is 11.2 Å². The molecule has 1 aliphatic carbocycles. The van der Waals surface area contributed by atoms with E-state index in [1.54, 1.807) is 12.1 Å². The Hall–Kier alpha value is -1.29. The summed E-state index contributed by atoms with van der Waals surface area (Å²) in [5.74, 6) is 0.498. The Morgan fingerprint density at radius 3 is 2.87 bits per heavy atom. The number of hydrogen-bond acceptors (Lipinski definition) is 4. The van der Waals surface area contributed by atoms with Gasteiger partial charge in [0.25, 0.3) is 0 Å². The fourth-order valence-corrected chi connectivity index (χ4v) is 1.62. The highest BCUT2D eigenvalue weighted by Crippen LogP contribution is 2.47. The van der Waals surface area contributed by atoms with Crippen molar-refractivity contribution in [2.75, 3.05) is 13.7 Å². The predicted octanol–water partition coefficient (Wildman–Crippen LogP) is 1.38. The second kappa shape index (κ2) is 3.70. The number of aliphatic hydroxyl groups is 1. The molecule has 4 nitrogen and oxygen atoms in total. The Kier molecular flexibility index (Phi) is 2.52. The van der Waals surface area contributed by atoms with Crippen LogP contribution in [0.1, 0.15) is 29.2 Å². The second-order valence-electron chi connectivity index (χ2n) is 4.09. The monoisotopic (exact) mass is 210 g/mol. The number of furan rings is 1. The molecule has 1 aromatic rings. The number of ether oxygens (including phenoxy) is 1. The molecule has 0 aliphatic heterocycles. The molecule has 2 rings (SSSR count). The van der Waals surface area contributed by atoms with Crippen molar-refractivity contribution in [1.82, 2.24) is 0 Å². The summed E-state index contributed by atoms with van der Waals surface area (Å²) in [4.78, 5) is 11.1. The van der Waals surface area contributed by atoms with Gasteiger partial charge < -0.3 is 14.3 Å². The Balaban J connectivity index is 2.04. The zero-order valence-corrected chi connectivity index (χ0v) is 8.66. The molecule has 1 aliphatic rings. The summed E-state index contributed by atoms with van der Waals surface area (Å²) in [7, 11) is 1.32. The van der Waals surface area contributed by atoms with Crippen LogP contribution in [0.4, 0.5) is 0 Å². The van der Waals surface area contributed by atoms with Gasteiger partial charge >= 0.3 is 5.97 Å². The van der Waals surface area contributed by atoms with E-state index < -0.39 is 5.97 Å². The lowest BCUT2D eigenvalue weighted by atomic mass is 10.0. The number of aliphatic hydroxyl groups excluding tert-OH is 1. The molecule has 0 amide bonds. The van der Waals surface area contributed by atoms with Crippen molar-refractivity contribution in [2.24, 2.45) is 5.41 Å². The molecule has 1 fully saturated rings. The topological polar surface area (TPSA) is 59.7 Å². The van der Waals surface area contributed by atoms with E-state index in [1.165, 1.54) is 7.11 Å². The molecule has 0 radical (unpaired) electrons. The third-order valence-corrected chi connectivity index (χ3v) is 2.89. The molecule has 0 spiro atoms. The largest absolute Gasteiger partial charge is 0.463 e. The summed E-state index contributed by atoms with van der Waals surface area (Å²) >= 11 is 0. The van der Waals surface area contributed by atoms with E-state index in [1.807, 2.05) is 0 Å². The van der Waals surface area contributed by atoms with Crippen LogP contribution in [0.2, 0.25) is 0 Å². The van der Waals surface area contributed by atoms with Crippen molar-refractivity contribution in [3.05, 3.63) is 23.7 Å². The van der Waals surface area contributed by atoms with E-state index in [-0.39, 0.29) is 17.8 Å². The quantitative estimate of drug-likeness (QED) is 0.763. The molecule has 0 bridgehead atoms. The van der Waals surface area contributed by atoms with Gasteiger partial charge in [0, 0.05) is 18.4 Å². The fraction of sp³-hybridized carbons (Fsp3) is 0.545. The van der Waals surface area contributed by atoms with E-state index >= 15 is 0 Å². The molecule has 1 saturated carbocycles. The van der Waals surface area contributed by atoms with Gasteiger partial charge in [-0.25, -0.2) is 4.79 Å². The number of esters is 1. The summed E-state index contributed by atoms with van der Waals surface area (Å²) in [5, 5.41) is 9.15. The van der Waals surface area contributed by atoms with Crippen molar-refractivity contribution in [2.45, 2.75) is 19.3 Å². The number of carbonyl (C=O) groups is 1. The standard InChI is InChI=1S/C11H14O4/c1-14-10(13)9-3-2-8(15-9)6-11(7-12)4-5-11/h2-3,12H,4-7H2,1H3. The van der Waals surface area contributed by atoms with Gasteiger partial charge in [-0.05, 0) is 25.0 Å². The van der Waals surface area contributed by atoms with Crippen LogP contribution in [0.5, 0.6) is 0 Å². The summed E-state index contributed by atoms with van der Waals surface area (Å²) in [6, 6.07) is 3.37. The maximum absolute atomic E-state index is 11.1. The number of hydrogen-bond donors (Lipinski definition) is 1. The maximum atomic E-state index is 11.1. The Morgan fingerprint density at radius 2 is 2.33 bits per heavy atom. The first-order valence-electron chi connectivity index (χ1n) is 4.97. The second-order valence-corrected chi connectivity index (χ2v) is 4.09. The molecule has 82 valence electrons. The van der Waals surface area contributed by atoms with Crippen molar-refractivity contribution in [1.29, 1.82) is 0 Å². The van der Waals surface area contributed by atoms with Gasteiger partial charge in [0.2, 0.25) is 5.76 Å².